The van der Waals surface area contributed by atoms with Crippen molar-refractivity contribution in [2.24, 2.45) is 5.92 Å². The maximum Gasteiger partial charge on any atom is 0.307 e. The van der Waals surface area contributed by atoms with E-state index in [1.54, 1.807) is 24.3 Å². The van der Waals surface area contributed by atoms with Crippen molar-refractivity contribution in [1.29, 1.82) is 0 Å². The van der Waals surface area contributed by atoms with Crippen molar-refractivity contribution >= 4 is 5.97 Å². The monoisotopic (exact) mass is 210 g/mol. The molecule has 0 spiro atoms. The smallest absolute Gasteiger partial charge is 0.307 e. The third kappa shape index (κ3) is 3.35. The summed E-state index contributed by atoms with van der Waals surface area (Å²) in [5.74, 6) is -0.932. The van der Waals surface area contributed by atoms with E-state index in [9.17, 15) is 9.18 Å². The zero-order valence-corrected chi connectivity index (χ0v) is 8.90. The highest BCUT2D eigenvalue weighted by atomic mass is 19.1. The number of alkyl halides is 1. The second kappa shape index (κ2) is 4.91. The van der Waals surface area contributed by atoms with Crippen molar-refractivity contribution < 1.29 is 14.3 Å². The molecule has 1 N–H and O–H groups in total. The van der Waals surface area contributed by atoms with E-state index in [-0.39, 0.29) is 12.3 Å². The summed E-state index contributed by atoms with van der Waals surface area (Å²) in [7, 11) is 0. The first-order valence-electron chi connectivity index (χ1n) is 4.95. The molecule has 0 fully saturated rings. The Hall–Kier alpha value is -1.38. The quantitative estimate of drug-likeness (QED) is 0.829. The molecule has 1 aromatic rings. The number of benzene rings is 1. The summed E-state index contributed by atoms with van der Waals surface area (Å²) < 4.78 is 13.5. The van der Waals surface area contributed by atoms with Gasteiger partial charge in [-0.05, 0) is 17.0 Å². The third-order valence-electron chi connectivity index (χ3n) is 2.24. The van der Waals surface area contributed by atoms with Gasteiger partial charge in [0.15, 0.2) is 0 Å². The van der Waals surface area contributed by atoms with Crippen LogP contribution in [0.3, 0.4) is 0 Å². The molecule has 82 valence electrons. The lowest BCUT2D eigenvalue weighted by atomic mass is 9.99. The fourth-order valence-corrected chi connectivity index (χ4v) is 1.38. The van der Waals surface area contributed by atoms with Gasteiger partial charge in [0.1, 0.15) is 6.17 Å². The maximum atomic E-state index is 13.5. The van der Waals surface area contributed by atoms with Crippen LogP contribution in [0.2, 0.25) is 0 Å². The summed E-state index contributed by atoms with van der Waals surface area (Å²) >= 11 is 0. The van der Waals surface area contributed by atoms with E-state index in [0.717, 1.165) is 0 Å². The standard InChI is InChI=1S/C12H15FO2/c1-8(2)12(13)10-5-3-9(4-6-10)7-11(14)15/h3-6,8,12H,7H2,1-2H3,(H,14,15). The Morgan fingerprint density at radius 3 is 2.27 bits per heavy atom. The average molecular weight is 210 g/mol. The predicted molar refractivity (Wildman–Crippen MR) is 56.5 cm³/mol. The van der Waals surface area contributed by atoms with Gasteiger partial charge >= 0.3 is 5.97 Å². The Balaban J connectivity index is 2.76. The highest BCUT2D eigenvalue weighted by Gasteiger charge is 2.13. The average Bonchev–Trinajstić information content (AvgIpc) is 2.17. The Bertz CT molecular complexity index is 330. The van der Waals surface area contributed by atoms with Gasteiger partial charge in [0, 0.05) is 0 Å². The van der Waals surface area contributed by atoms with Crippen molar-refractivity contribution in [3.63, 3.8) is 0 Å². The minimum absolute atomic E-state index is 0.0150. The van der Waals surface area contributed by atoms with Gasteiger partial charge in [-0.3, -0.25) is 4.79 Å². The topological polar surface area (TPSA) is 37.3 Å². The van der Waals surface area contributed by atoms with Crippen LogP contribution >= 0.6 is 0 Å². The fourth-order valence-electron chi connectivity index (χ4n) is 1.38. The molecule has 1 aromatic carbocycles. The van der Waals surface area contributed by atoms with Crippen LogP contribution < -0.4 is 0 Å². The van der Waals surface area contributed by atoms with Crippen LogP contribution in [0.25, 0.3) is 0 Å². The molecule has 0 heterocycles. The number of hydrogen-bond donors (Lipinski definition) is 1. The van der Waals surface area contributed by atoms with Crippen molar-refractivity contribution in [2.75, 3.05) is 0 Å². The van der Waals surface area contributed by atoms with Crippen LogP contribution in [0, 0.1) is 5.92 Å². The number of carboxylic acid groups (broad SMARTS) is 1. The van der Waals surface area contributed by atoms with Gasteiger partial charge in [-0.25, -0.2) is 4.39 Å². The van der Waals surface area contributed by atoms with Crippen LogP contribution in [0.15, 0.2) is 24.3 Å². The largest absolute Gasteiger partial charge is 0.481 e. The van der Waals surface area contributed by atoms with Crippen LogP contribution in [-0.4, -0.2) is 11.1 Å². The first-order valence-corrected chi connectivity index (χ1v) is 4.95. The molecule has 3 heteroatoms. The van der Waals surface area contributed by atoms with Crippen molar-refractivity contribution in [3.05, 3.63) is 35.4 Å². The van der Waals surface area contributed by atoms with E-state index < -0.39 is 12.1 Å². The maximum absolute atomic E-state index is 13.5. The molecule has 0 aliphatic heterocycles. The van der Waals surface area contributed by atoms with Gasteiger partial charge in [0.2, 0.25) is 0 Å². The molecule has 15 heavy (non-hydrogen) atoms. The summed E-state index contributed by atoms with van der Waals surface area (Å²) in [5.41, 5.74) is 1.31. The first kappa shape index (κ1) is 11.7. The van der Waals surface area contributed by atoms with Crippen molar-refractivity contribution in [1.82, 2.24) is 0 Å². The van der Waals surface area contributed by atoms with Crippen LogP contribution in [0.5, 0.6) is 0 Å². The van der Waals surface area contributed by atoms with Gasteiger partial charge in [0.05, 0.1) is 6.42 Å². The molecule has 0 bridgehead atoms. The van der Waals surface area contributed by atoms with Crippen molar-refractivity contribution in [3.8, 4) is 0 Å². The molecule has 0 aliphatic carbocycles. The molecule has 2 nitrogen and oxygen atoms in total. The highest BCUT2D eigenvalue weighted by molar-refractivity contribution is 5.70. The summed E-state index contributed by atoms with van der Waals surface area (Å²) in [6.45, 7) is 3.63. The summed E-state index contributed by atoms with van der Waals surface area (Å²) in [6.07, 6.45) is -0.997. The number of halogens is 1. The van der Waals surface area contributed by atoms with Crippen LogP contribution in [-0.2, 0) is 11.2 Å². The molecule has 0 radical (unpaired) electrons. The van der Waals surface area contributed by atoms with E-state index >= 15 is 0 Å². The van der Waals surface area contributed by atoms with Gasteiger partial charge in [0.25, 0.3) is 0 Å². The predicted octanol–water partition coefficient (Wildman–Crippen LogP) is 2.98. The Labute approximate surface area is 88.7 Å². The van der Waals surface area contributed by atoms with Crippen LogP contribution in [0.1, 0.15) is 31.1 Å². The summed E-state index contributed by atoms with van der Waals surface area (Å²) in [4.78, 5) is 10.4. The zero-order valence-electron chi connectivity index (χ0n) is 8.90. The number of aliphatic carboxylic acids is 1. The van der Waals surface area contributed by atoms with E-state index in [0.29, 0.717) is 11.1 Å². The Morgan fingerprint density at radius 2 is 1.87 bits per heavy atom. The molecule has 1 unspecified atom stereocenters. The summed E-state index contributed by atoms with van der Waals surface area (Å²) in [6, 6.07) is 6.64. The molecule has 0 saturated heterocycles. The van der Waals surface area contributed by atoms with E-state index in [2.05, 4.69) is 0 Å². The summed E-state index contributed by atoms with van der Waals surface area (Å²) in [5, 5.41) is 8.56. The Kier molecular flexibility index (Phi) is 3.83. The normalized spacial score (nSPS) is 12.8. The third-order valence-corrected chi connectivity index (χ3v) is 2.24. The van der Waals surface area contributed by atoms with E-state index in [1.807, 2.05) is 13.8 Å². The first-order chi connectivity index (χ1) is 7.00. The van der Waals surface area contributed by atoms with Crippen LogP contribution in [0.4, 0.5) is 4.39 Å². The molecule has 0 amide bonds. The Morgan fingerprint density at radius 1 is 1.33 bits per heavy atom. The van der Waals surface area contributed by atoms with Gasteiger partial charge in [-0.1, -0.05) is 38.1 Å². The minimum Gasteiger partial charge on any atom is -0.481 e. The molecular formula is C12H15FO2. The SMILES string of the molecule is CC(C)C(F)c1ccc(CC(=O)O)cc1. The van der Waals surface area contributed by atoms with Gasteiger partial charge < -0.3 is 5.11 Å². The molecule has 1 rings (SSSR count). The van der Waals surface area contributed by atoms with Crippen molar-refractivity contribution in [2.45, 2.75) is 26.4 Å². The second-order valence-corrected chi connectivity index (χ2v) is 3.96. The number of carbonyl (C=O) groups is 1. The lowest BCUT2D eigenvalue weighted by molar-refractivity contribution is -0.136. The minimum atomic E-state index is -0.983. The number of hydrogen-bond acceptors (Lipinski definition) is 1. The lowest BCUT2D eigenvalue weighted by Gasteiger charge is -2.12. The zero-order chi connectivity index (χ0) is 11.4. The molecule has 1 atom stereocenters. The second-order valence-electron chi connectivity index (χ2n) is 3.96. The molecular weight excluding hydrogens is 195 g/mol. The number of carboxylic acids is 1. The lowest BCUT2D eigenvalue weighted by Crippen LogP contribution is -2.02. The van der Waals surface area contributed by atoms with Gasteiger partial charge in [-0.15, -0.1) is 0 Å². The highest BCUT2D eigenvalue weighted by Crippen LogP contribution is 2.25. The molecule has 0 aliphatic rings. The van der Waals surface area contributed by atoms with Gasteiger partial charge in [-0.2, -0.15) is 0 Å². The van der Waals surface area contributed by atoms with E-state index in [1.165, 1.54) is 0 Å². The molecule has 0 aromatic heterocycles. The number of rotatable bonds is 4. The fraction of sp³-hybridized carbons (Fsp3) is 0.417. The van der Waals surface area contributed by atoms with E-state index in [4.69, 9.17) is 5.11 Å². The molecule has 0 saturated carbocycles.